The van der Waals surface area contributed by atoms with E-state index in [2.05, 4.69) is 10.2 Å². The standard InChI is InChI=1S/C17H20N4O3/c1-13(22)20-9-11-21(12-10-20)17(23)16-19-18-15(24-16)8-7-14-5-3-2-4-6-14/h2-6H,7-12H2,1H3. The molecule has 0 radical (unpaired) electrons. The highest BCUT2D eigenvalue weighted by molar-refractivity contribution is 5.89. The molecular formula is C17H20N4O3. The van der Waals surface area contributed by atoms with Crippen molar-refractivity contribution in [2.24, 2.45) is 0 Å². The number of hydrogen-bond acceptors (Lipinski definition) is 5. The predicted molar refractivity (Wildman–Crippen MR) is 86.3 cm³/mol. The Labute approximate surface area is 140 Å². The Bertz CT molecular complexity index is 706. The fourth-order valence-electron chi connectivity index (χ4n) is 2.70. The van der Waals surface area contributed by atoms with Gasteiger partial charge in [0, 0.05) is 39.5 Å². The first-order valence-corrected chi connectivity index (χ1v) is 8.04. The molecule has 0 aliphatic carbocycles. The van der Waals surface area contributed by atoms with Crippen LogP contribution in [0.1, 0.15) is 29.1 Å². The van der Waals surface area contributed by atoms with Crippen molar-refractivity contribution in [1.29, 1.82) is 0 Å². The third-order valence-corrected chi connectivity index (χ3v) is 4.13. The molecule has 7 heteroatoms. The van der Waals surface area contributed by atoms with Gasteiger partial charge in [0.2, 0.25) is 11.8 Å². The minimum atomic E-state index is -0.267. The van der Waals surface area contributed by atoms with Crippen molar-refractivity contribution in [3.8, 4) is 0 Å². The van der Waals surface area contributed by atoms with Gasteiger partial charge in [-0.1, -0.05) is 30.3 Å². The number of piperazine rings is 1. The fourth-order valence-corrected chi connectivity index (χ4v) is 2.70. The molecule has 3 rings (SSSR count). The summed E-state index contributed by atoms with van der Waals surface area (Å²) in [5, 5.41) is 7.83. The summed E-state index contributed by atoms with van der Waals surface area (Å²) in [4.78, 5) is 27.1. The van der Waals surface area contributed by atoms with Crippen LogP contribution in [0.4, 0.5) is 0 Å². The zero-order valence-electron chi connectivity index (χ0n) is 13.6. The Morgan fingerprint density at radius 2 is 1.67 bits per heavy atom. The molecule has 1 aliphatic heterocycles. The first-order valence-electron chi connectivity index (χ1n) is 8.04. The third kappa shape index (κ3) is 3.79. The first-order chi connectivity index (χ1) is 11.6. The maximum absolute atomic E-state index is 12.4. The van der Waals surface area contributed by atoms with Crippen molar-refractivity contribution in [2.45, 2.75) is 19.8 Å². The molecule has 1 aromatic carbocycles. The molecule has 2 aromatic rings. The van der Waals surface area contributed by atoms with E-state index in [9.17, 15) is 9.59 Å². The second-order valence-electron chi connectivity index (χ2n) is 5.78. The molecule has 24 heavy (non-hydrogen) atoms. The van der Waals surface area contributed by atoms with E-state index in [1.54, 1.807) is 9.80 Å². The van der Waals surface area contributed by atoms with Crippen LogP contribution in [0.25, 0.3) is 0 Å². The summed E-state index contributed by atoms with van der Waals surface area (Å²) < 4.78 is 5.50. The average Bonchev–Trinajstić information content (AvgIpc) is 3.09. The number of aryl methyl sites for hydroxylation is 2. The minimum Gasteiger partial charge on any atom is -0.417 e. The van der Waals surface area contributed by atoms with Gasteiger partial charge in [0.05, 0.1) is 0 Å². The van der Waals surface area contributed by atoms with Gasteiger partial charge < -0.3 is 14.2 Å². The Balaban J connectivity index is 1.55. The number of aromatic nitrogens is 2. The largest absolute Gasteiger partial charge is 0.417 e. The lowest BCUT2D eigenvalue weighted by molar-refractivity contribution is -0.130. The number of carbonyl (C=O) groups is 2. The SMILES string of the molecule is CC(=O)N1CCN(C(=O)c2nnc(CCc3ccccc3)o2)CC1. The number of amides is 2. The van der Waals surface area contributed by atoms with Gasteiger partial charge >= 0.3 is 11.8 Å². The van der Waals surface area contributed by atoms with E-state index in [0.717, 1.165) is 6.42 Å². The number of nitrogens with zero attached hydrogens (tertiary/aromatic N) is 4. The second-order valence-corrected chi connectivity index (χ2v) is 5.78. The summed E-state index contributed by atoms with van der Waals surface area (Å²) in [6.45, 7) is 3.58. The normalized spacial score (nSPS) is 14.7. The lowest BCUT2D eigenvalue weighted by Crippen LogP contribution is -2.50. The molecule has 1 fully saturated rings. The lowest BCUT2D eigenvalue weighted by atomic mass is 10.1. The quantitative estimate of drug-likeness (QED) is 0.841. The van der Waals surface area contributed by atoms with Crippen molar-refractivity contribution >= 4 is 11.8 Å². The highest BCUT2D eigenvalue weighted by Crippen LogP contribution is 2.10. The third-order valence-electron chi connectivity index (χ3n) is 4.13. The maximum atomic E-state index is 12.4. The smallest absolute Gasteiger partial charge is 0.311 e. The summed E-state index contributed by atoms with van der Waals surface area (Å²) in [5.74, 6) is 0.249. The number of rotatable bonds is 4. The van der Waals surface area contributed by atoms with Crippen molar-refractivity contribution in [2.75, 3.05) is 26.2 Å². The van der Waals surface area contributed by atoms with Crippen LogP contribution in [0.3, 0.4) is 0 Å². The Hall–Kier alpha value is -2.70. The van der Waals surface area contributed by atoms with E-state index in [4.69, 9.17) is 4.42 Å². The van der Waals surface area contributed by atoms with E-state index in [1.807, 2.05) is 30.3 Å². The lowest BCUT2D eigenvalue weighted by Gasteiger charge is -2.33. The summed E-state index contributed by atoms with van der Waals surface area (Å²) >= 11 is 0. The van der Waals surface area contributed by atoms with Crippen LogP contribution >= 0.6 is 0 Å². The zero-order valence-corrected chi connectivity index (χ0v) is 13.6. The Kier molecular flexibility index (Phi) is 4.88. The van der Waals surface area contributed by atoms with Crippen LogP contribution in [0.15, 0.2) is 34.7 Å². The van der Waals surface area contributed by atoms with Gasteiger partial charge in [0.15, 0.2) is 0 Å². The van der Waals surface area contributed by atoms with Crippen molar-refractivity contribution in [1.82, 2.24) is 20.0 Å². The fraction of sp³-hybridized carbons (Fsp3) is 0.412. The second kappa shape index (κ2) is 7.25. The number of benzene rings is 1. The van der Waals surface area contributed by atoms with Crippen LogP contribution < -0.4 is 0 Å². The summed E-state index contributed by atoms with van der Waals surface area (Å²) in [7, 11) is 0. The molecule has 0 N–H and O–H groups in total. The summed E-state index contributed by atoms with van der Waals surface area (Å²) in [6, 6.07) is 10.0. The molecule has 1 aliphatic rings. The summed E-state index contributed by atoms with van der Waals surface area (Å²) in [5.41, 5.74) is 1.18. The monoisotopic (exact) mass is 328 g/mol. The van der Waals surface area contributed by atoms with Gasteiger partial charge in [0.1, 0.15) is 0 Å². The molecule has 0 bridgehead atoms. The van der Waals surface area contributed by atoms with E-state index in [1.165, 1.54) is 12.5 Å². The molecule has 0 saturated carbocycles. The molecule has 1 aromatic heterocycles. The molecule has 7 nitrogen and oxygen atoms in total. The van der Waals surface area contributed by atoms with E-state index in [-0.39, 0.29) is 17.7 Å². The molecule has 2 heterocycles. The first kappa shape index (κ1) is 16.2. The van der Waals surface area contributed by atoms with E-state index >= 15 is 0 Å². The topological polar surface area (TPSA) is 79.5 Å². The zero-order chi connectivity index (χ0) is 16.9. The predicted octanol–water partition coefficient (Wildman–Crippen LogP) is 1.16. The van der Waals surface area contributed by atoms with Crippen LogP contribution in [0.5, 0.6) is 0 Å². The van der Waals surface area contributed by atoms with Gasteiger partial charge in [-0.25, -0.2) is 0 Å². The number of hydrogen-bond donors (Lipinski definition) is 0. The molecule has 0 unspecified atom stereocenters. The molecule has 0 atom stereocenters. The van der Waals surface area contributed by atoms with Crippen molar-refractivity contribution in [3.63, 3.8) is 0 Å². The maximum Gasteiger partial charge on any atom is 0.311 e. The summed E-state index contributed by atoms with van der Waals surface area (Å²) in [6.07, 6.45) is 1.39. The molecule has 1 saturated heterocycles. The van der Waals surface area contributed by atoms with Gasteiger partial charge in [-0.3, -0.25) is 9.59 Å². The molecule has 0 spiro atoms. The van der Waals surface area contributed by atoms with Crippen molar-refractivity contribution < 1.29 is 14.0 Å². The van der Waals surface area contributed by atoms with Crippen molar-refractivity contribution in [3.05, 3.63) is 47.7 Å². The van der Waals surface area contributed by atoms with Crippen LogP contribution in [0, 0.1) is 0 Å². The molecule has 2 amide bonds. The van der Waals surface area contributed by atoms with Crippen LogP contribution in [0.2, 0.25) is 0 Å². The molecular weight excluding hydrogens is 308 g/mol. The van der Waals surface area contributed by atoms with Gasteiger partial charge in [-0.15, -0.1) is 10.2 Å². The van der Waals surface area contributed by atoms with Crippen LogP contribution in [-0.4, -0.2) is 58.0 Å². The Morgan fingerprint density at radius 1 is 1.00 bits per heavy atom. The van der Waals surface area contributed by atoms with Gasteiger partial charge in [-0.2, -0.15) is 0 Å². The van der Waals surface area contributed by atoms with Gasteiger partial charge in [-0.05, 0) is 12.0 Å². The number of carbonyl (C=O) groups excluding carboxylic acids is 2. The minimum absolute atomic E-state index is 0.0225. The van der Waals surface area contributed by atoms with E-state index < -0.39 is 0 Å². The average molecular weight is 328 g/mol. The van der Waals surface area contributed by atoms with Gasteiger partial charge in [0.25, 0.3) is 0 Å². The highest BCUT2D eigenvalue weighted by Gasteiger charge is 2.26. The molecule has 126 valence electrons. The van der Waals surface area contributed by atoms with Crippen LogP contribution in [-0.2, 0) is 17.6 Å². The highest BCUT2D eigenvalue weighted by atomic mass is 16.4. The Morgan fingerprint density at radius 3 is 2.33 bits per heavy atom. The van der Waals surface area contributed by atoms with E-state index in [0.29, 0.717) is 38.5 Å².